The molecule has 1 aromatic carbocycles. The number of likely N-dealkylation sites (tertiary alicyclic amines) is 1. The maximum Gasteiger partial charge on any atom is 0.0438 e. The van der Waals surface area contributed by atoms with Crippen LogP contribution >= 0.6 is 0 Å². The van der Waals surface area contributed by atoms with Crippen LogP contribution in [0.1, 0.15) is 13.3 Å². The minimum Gasteiger partial charge on any atom is -0.380 e. The van der Waals surface area contributed by atoms with Gasteiger partial charge in [0.25, 0.3) is 0 Å². The van der Waals surface area contributed by atoms with Gasteiger partial charge < -0.3 is 10.2 Å². The van der Waals surface area contributed by atoms with E-state index in [0.29, 0.717) is 12.1 Å². The average molecular weight is 241 g/mol. The summed E-state index contributed by atoms with van der Waals surface area (Å²) in [6.07, 6.45) is 4.99. The maximum atomic E-state index is 4.23. The van der Waals surface area contributed by atoms with Gasteiger partial charge in [-0.3, -0.25) is 4.98 Å². The molecule has 1 aromatic heterocycles. The molecule has 1 N–H and O–H groups in total. The Hall–Kier alpha value is -1.61. The largest absolute Gasteiger partial charge is 0.380 e. The highest BCUT2D eigenvalue weighted by atomic mass is 15.2. The summed E-state index contributed by atoms with van der Waals surface area (Å²) in [7, 11) is 2.19. The molecule has 1 aliphatic rings. The summed E-state index contributed by atoms with van der Waals surface area (Å²) >= 11 is 0. The van der Waals surface area contributed by atoms with Gasteiger partial charge in [-0.25, -0.2) is 0 Å². The highest BCUT2D eigenvalue weighted by Gasteiger charge is 2.25. The van der Waals surface area contributed by atoms with Crippen molar-refractivity contribution in [1.29, 1.82) is 0 Å². The second-order valence-corrected chi connectivity index (χ2v) is 5.27. The molecule has 94 valence electrons. The van der Waals surface area contributed by atoms with E-state index in [1.807, 2.05) is 12.4 Å². The van der Waals surface area contributed by atoms with Crippen LogP contribution in [0.2, 0.25) is 0 Å². The van der Waals surface area contributed by atoms with E-state index < -0.39 is 0 Å². The fraction of sp³-hybridized carbons (Fsp3) is 0.400. The van der Waals surface area contributed by atoms with Crippen molar-refractivity contribution in [2.75, 3.05) is 18.9 Å². The molecule has 1 aliphatic heterocycles. The zero-order valence-electron chi connectivity index (χ0n) is 10.9. The van der Waals surface area contributed by atoms with Gasteiger partial charge in [0.15, 0.2) is 0 Å². The minimum atomic E-state index is 0.538. The number of likely N-dealkylation sites (N-methyl/N-ethyl adjacent to an activating group) is 1. The first-order valence-corrected chi connectivity index (χ1v) is 6.53. The van der Waals surface area contributed by atoms with E-state index in [1.54, 1.807) is 0 Å². The SMILES string of the molecule is CC1CC(Nc2cccc3ccncc23)CN1C. The quantitative estimate of drug-likeness (QED) is 0.876. The Morgan fingerprint density at radius 2 is 2.22 bits per heavy atom. The summed E-state index contributed by atoms with van der Waals surface area (Å²) in [4.78, 5) is 6.63. The van der Waals surface area contributed by atoms with Crippen molar-refractivity contribution in [3.8, 4) is 0 Å². The minimum absolute atomic E-state index is 0.538. The molecule has 2 heterocycles. The number of pyridine rings is 1. The summed E-state index contributed by atoms with van der Waals surface area (Å²) in [5.74, 6) is 0. The van der Waals surface area contributed by atoms with Crippen molar-refractivity contribution in [2.24, 2.45) is 0 Å². The molecule has 1 fully saturated rings. The lowest BCUT2D eigenvalue weighted by molar-refractivity contribution is 0.330. The van der Waals surface area contributed by atoms with Crippen LogP contribution in [0, 0.1) is 0 Å². The molecule has 18 heavy (non-hydrogen) atoms. The second-order valence-electron chi connectivity index (χ2n) is 5.27. The zero-order valence-corrected chi connectivity index (χ0v) is 10.9. The molecule has 0 bridgehead atoms. The number of hydrogen-bond acceptors (Lipinski definition) is 3. The standard InChI is InChI=1S/C15H19N3/c1-11-8-13(10-18(11)2)17-15-5-3-4-12-6-7-16-9-14(12)15/h3-7,9,11,13,17H,8,10H2,1-2H3. The smallest absolute Gasteiger partial charge is 0.0438 e. The lowest BCUT2D eigenvalue weighted by Gasteiger charge is -2.15. The molecule has 2 unspecified atom stereocenters. The monoisotopic (exact) mass is 241 g/mol. The normalized spacial score (nSPS) is 24.6. The second kappa shape index (κ2) is 4.58. The lowest BCUT2D eigenvalue weighted by atomic mass is 10.1. The van der Waals surface area contributed by atoms with Gasteiger partial charge in [0.1, 0.15) is 0 Å². The van der Waals surface area contributed by atoms with Gasteiger partial charge in [-0.15, -0.1) is 0 Å². The van der Waals surface area contributed by atoms with Crippen molar-refractivity contribution < 1.29 is 0 Å². The van der Waals surface area contributed by atoms with Crippen molar-refractivity contribution in [3.05, 3.63) is 36.7 Å². The van der Waals surface area contributed by atoms with Gasteiger partial charge in [0.05, 0.1) is 0 Å². The number of hydrogen-bond donors (Lipinski definition) is 1. The molecule has 0 aliphatic carbocycles. The van der Waals surface area contributed by atoms with E-state index in [-0.39, 0.29) is 0 Å². The molecule has 2 atom stereocenters. The Bertz CT molecular complexity index is 537. The average Bonchev–Trinajstić information content (AvgIpc) is 2.69. The molecule has 1 saturated heterocycles. The number of anilines is 1. The van der Waals surface area contributed by atoms with Crippen LogP contribution in [0.4, 0.5) is 5.69 Å². The fourth-order valence-electron chi connectivity index (χ4n) is 2.76. The van der Waals surface area contributed by atoms with Gasteiger partial charge >= 0.3 is 0 Å². The Kier molecular flexibility index (Phi) is 2.92. The van der Waals surface area contributed by atoms with E-state index in [9.17, 15) is 0 Å². The van der Waals surface area contributed by atoms with E-state index in [2.05, 4.69) is 53.4 Å². The van der Waals surface area contributed by atoms with Crippen LogP contribution in [0.3, 0.4) is 0 Å². The summed E-state index contributed by atoms with van der Waals surface area (Å²) < 4.78 is 0. The Labute approximate surface area is 108 Å². The number of nitrogens with one attached hydrogen (secondary N) is 1. The first-order valence-electron chi connectivity index (χ1n) is 6.53. The van der Waals surface area contributed by atoms with E-state index >= 15 is 0 Å². The van der Waals surface area contributed by atoms with E-state index in [0.717, 1.165) is 6.54 Å². The fourth-order valence-corrected chi connectivity index (χ4v) is 2.76. The van der Waals surface area contributed by atoms with Gasteiger partial charge in [-0.2, -0.15) is 0 Å². The topological polar surface area (TPSA) is 28.2 Å². The molecule has 3 nitrogen and oxygen atoms in total. The van der Waals surface area contributed by atoms with Gasteiger partial charge in [0.2, 0.25) is 0 Å². The zero-order chi connectivity index (χ0) is 12.5. The van der Waals surface area contributed by atoms with E-state index in [4.69, 9.17) is 0 Å². The number of nitrogens with zero attached hydrogens (tertiary/aromatic N) is 2. The highest BCUT2D eigenvalue weighted by molar-refractivity contribution is 5.93. The van der Waals surface area contributed by atoms with Gasteiger partial charge in [-0.05, 0) is 37.9 Å². The van der Waals surface area contributed by atoms with Crippen LogP contribution in [0.15, 0.2) is 36.7 Å². The van der Waals surface area contributed by atoms with Gasteiger partial charge in [-0.1, -0.05) is 12.1 Å². The summed E-state index contributed by atoms with van der Waals surface area (Å²) in [6, 6.07) is 9.64. The molecular formula is C15H19N3. The first kappa shape index (κ1) is 11.5. The Balaban J connectivity index is 1.87. The number of fused-ring (bicyclic) bond motifs is 1. The third-order valence-corrected chi connectivity index (χ3v) is 3.93. The van der Waals surface area contributed by atoms with E-state index in [1.165, 1.54) is 22.9 Å². The Morgan fingerprint density at radius 3 is 3.00 bits per heavy atom. The third-order valence-electron chi connectivity index (χ3n) is 3.93. The first-order chi connectivity index (χ1) is 8.74. The van der Waals surface area contributed by atoms with Crippen molar-refractivity contribution in [2.45, 2.75) is 25.4 Å². The van der Waals surface area contributed by atoms with Crippen molar-refractivity contribution >= 4 is 16.5 Å². The van der Waals surface area contributed by atoms with Crippen LogP contribution in [-0.2, 0) is 0 Å². The number of rotatable bonds is 2. The Morgan fingerprint density at radius 1 is 1.33 bits per heavy atom. The molecular weight excluding hydrogens is 222 g/mol. The van der Waals surface area contributed by atoms with Crippen LogP contribution in [0.5, 0.6) is 0 Å². The molecule has 0 spiro atoms. The lowest BCUT2D eigenvalue weighted by Crippen LogP contribution is -2.24. The molecule has 2 aromatic rings. The molecule has 0 saturated carbocycles. The molecule has 0 radical (unpaired) electrons. The molecule has 3 rings (SSSR count). The van der Waals surface area contributed by atoms with Crippen molar-refractivity contribution in [1.82, 2.24) is 9.88 Å². The van der Waals surface area contributed by atoms with Gasteiger partial charge in [0, 0.05) is 42.1 Å². The van der Waals surface area contributed by atoms with Crippen LogP contribution in [-0.4, -0.2) is 35.6 Å². The summed E-state index contributed by atoms with van der Waals surface area (Å²) in [5, 5.41) is 6.12. The predicted molar refractivity (Wildman–Crippen MR) is 75.9 cm³/mol. The third kappa shape index (κ3) is 2.06. The predicted octanol–water partition coefficient (Wildman–Crippen LogP) is 2.74. The van der Waals surface area contributed by atoms with Crippen LogP contribution < -0.4 is 5.32 Å². The maximum absolute atomic E-state index is 4.23. The summed E-state index contributed by atoms with van der Waals surface area (Å²) in [6.45, 7) is 3.39. The highest BCUT2D eigenvalue weighted by Crippen LogP contribution is 2.25. The number of benzene rings is 1. The van der Waals surface area contributed by atoms with Crippen molar-refractivity contribution in [3.63, 3.8) is 0 Å². The molecule has 3 heteroatoms. The summed E-state index contributed by atoms with van der Waals surface area (Å²) in [5.41, 5.74) is 1.20. The number of aromatic nitrogens is 1. The molecule has 0 amide bonds. The van der Waals surface area contributed by atoms with Crippen LogP contribution in [0.25, 0.3) is 10.8 Å².